The van der Waals surface area contributed by atoms with Gasteiger partial charge in [-0.3, -0.25) is 0 Å². The molecule has 10 heavy (non-hydrogen) atoms. The van der Waals surface area contributed by atoms with Gasteiger partial charge in [-0.05, 0) is 32.7 Å². The van der Waals surface area contributed by atoms with E-state index in [2.05, 4.69) is 11.9 Å². The van der Waals surface area contributed by atoms with Gasteiger partial charge in [-0.15, -0.1) is 0 Å². The molecule has 56 valence electrons. The van der Waals surface area contributed by atoms with Crippen LogP contribution in [0.3, 0.4) is 0 Å². The number of piperidine rings is 1. The van der Waals surface area contributed by atoms with E-state index in [-0.39, 0.29) is 0 Å². The highest BCUT2D eigenvalue weighted by atomic mass is 15.1. The standard InChI is InChI=1S/C9H15N/c1-10-6-4-9(5-7-10)8-2-3-8/h2-7H2,1H3. The summed E-state index contributed by atoms with van der Waals surface area (Å²) in [6.07, 6.45) is 5.54. The van der Waals surface area contributed by atoms with Gasteiger partial charge < -0.3 is 4.90 Å². The lowest BCUT2D eigenvalue weighted by atomic mass is 10.0. The van der Waals surface area contributed by atoms with E-state index in [9.17, 15) is 0 Å². The predicted octanol–water partition coefficient (Wildman–Crippen LogP) is 1.80. The Hall–Kier alpha value is -0.300. The van der Waals surface area contributed by atoms with E-state index in [1.807, 2.05) is 0 Å². The Morgan fingerprint density at radius 1 is 0.900 bits per heavy atom. The fraction of sp³-hybridized carbons (Fsp3) is 0.778. The minimum atomic E-state index is 1.29. The van der Waals surface area contributed by atoms with Crippen molar-refractivity contribution in [1.29, 1.82) is 0 Å². The van der Waals surface area contributed by atoms with Crippen LogP contribution in [0.2, 0.25) is 0 Å². The van der Waals surface area contributed by atoms with Gasteiger partial charge in [-0.25, -0.2) is 0 Å². The van der Waals surface area contributed by atoms with Gasteiger partial charge in [0.05, 0.1) is 0 Å². The molecule has 0 atom stereocenters. The minimum Gasteiger partial charge on any atom is -0.306 e. The Morgan fingerprint density at radius 2 is 1.40 bits per heavy atom. The summed E-state index contributed by atoms with van der Waals surface area (Å²) in [4.78, 5) is 2.42. The van der Waals surface area contributed by atoms with Crippen molar-refractivity contribution >= 4 is 0 Å². The third kappa shape index (κ3) is 1.24. The van der Waals surface area contributed by atoms with Crippen LogP contribution in [-0.2, 0) is 0 Å². The largest absolute Gasteiger partial charge is 0.306 e. The molecule has 2 fully saturated rings. The van der Waals surface area contributed by atoms with Gasteiger partial charge in [0.2, 0.25) is 0 Å². The Kier molecular flexibility index (Phi) is 1.53. The molecule has 1 saturated carbocycles. The van der Waals surface area contributed by atoms with Crippen molar-refractivity contribution in [1.82, 2.24) is 4.90 Å². The number of allylic oxidation sites excluding steroid dienone is 1. The van der Waals surface area contributed by atoms with Crippen molar-refractivity contribution < 1.29 is 0 Å². The summed E-state index contributed by atoms with van der Waals surface area (Å²) in [6, 6.07) is 0. The summed E-state index contributed by atoms with van der Waals surface area (Å²) < 4.78 is 0. The smallest absolute Gasteiger partial charge is 0.00158 e. The van der Waals surface area contributed by atoms with E-state index in [0.29, 0.717) is 0 Å². The van der Waals surface area contributed by atoms with Gasteiger partial charge in [-0.1, -0.05) is 11.1 Å². The molecule has 1 aliphatic heterocycles. The average molecular weight is 137 g/mol. The lowest BCUT2D eigenvalue weighted by molar-refractivity contribution is 0.312. The molecule has 0 aromatic carbocycles. The molecule has 0 bridgehead atoms. The lowest BCUT2D eigenvalue weighted by Crippen LogP contribution is -2.26. The van der Waals surface area contributed by atoms with Crippen molar-refractivity contribution in [3.8, 4) is 0 Å². The molecule has 1 heteroatoms. The zero-order valence-electron chi connectivity index (χ0n) is 6.69. The molecule has 0 aromatic rings. The second-order valence-electron chi connectivity index (χ2n) is 3.51. The summed E-state index contributed by atoms with van der Waals surface area (Å²) in [5, 5.41) is 0. The molecule has 0 aromatic heterocycles. The fourth-order valence-corrected chi connectivity index (χ4v) is 1.66. The molecule has 0 radical (unpaired) electrons. The molecule has 0 spiro atoms. The Morgan fingerprint density at radius 3 is 1.90 bits per heavy atom. The highest BCUT2D eigenvalue weighted by Gasteiger charge is 2.20. The quantitative estimate of drug-likeness (QED) is 0.460. The highest BCUT2D eigenvalue weighted by Crippen LogP contribution is 2.35. The monoisotopic (exact) mass is 137 g/mol. The summed E-state index contributed by atoms with van der Waals surface area (Å²) in [7, 11) is 2.22. The van der Waals surface area contributed by atoms with Crippen molar-refractivity contribution in [3.05, 3.63) is 11.1 Å². The molecule has 1 aliphatic carbocycles. The molecule has 1 heterocycles. The lowest BCUT2D eigenvalue weighted by Gasteiger charge is -2.23. The van der Waals surface area contributed by atoms with Crippen LogP contribution >= 0.6 is 0 Å². The van der Waals surface area contributed by atoms with Gasteiger partial charge >= 0.3 is 0 Å². The summed E-state index contributed by atoms with van der Waals surface area (Å²) in [6.45, 7) is 2.58. The van der Waals surface area contributed by atoms with Crippen LogP contribution < -0.4 is 0 Å². The summed E-state index contributed by atoms with van der Waals surface area (Å²) >= 11 is 0. The van der Waals surface area contributed by atoms with E-state index in [1.54, 1.807) is 11.1 Å². The summed E-state index contributed by atoms with van der Waals surface area (Å²) in [5.41, 5.74) is 3.58. The van der Waals surface area contributed by atoms with E-state index < -0.39 is 0 Å². The number of likely N-dealkylation sites (tertiary alicyclic amines) is 1. The number of nitrogens with zero attached hydrogens (tertiary/aromatic N) is 1. The van der Waals surface area contributed by atoms with Crippen molar-refractivity contribution in [2.75, 3.05) is 20.1 Å². The van der Waals surface area contributed by atoms with Crippen LogP contribution in [0.5, 0.6) is 0 Å². The highest BCUT2D eigenvalue weighted by molar-refractivity contribution is 5.26. The minimum absolute atomic E-state index is 1.29. The Balaban J connectivity index is 1.97. The van der Waals surface area contributed by atoms with Crippen LogP contribution in [0, 0.1) is 0 Å². The normalized spacial score (nSPS) is 27.3. The maximum atomic E-state index is 2.42. The first kappa shape index (κ1) is 6.41. The second kappa shape index (κ2) is 2.39. The van der Waals surface area contributed by atoms with Crippen LogP contribution in [-0.4, -0.2) is 25.0 Å². The number of hydrogen-bond acceptors (Lipinski definition) is 1. The third-order valence-corrected chi connectivity index (χ3v) is 2.59. The zero-order valence-corrected chi connectivity index (χ0v) is 6.69. The van der Waals surface area contributed by atoms with Gasteiger partial charge in [-0.2, -0.15) is 0 Å². The molecule has 1 saturated heterocycles. The van der Waals surface area contributed by atoms with Crippen molar-refractivity contribution in [2.24, 2.45) is 0 Å². The van der Waals surface area contributed by atoms with Crippen LogP contribution in [0.15, 0.2) is 11.1 Å². The fourth-order valence-electron chi connectivity index (χ4n) is 1.66. The third-order valence-electron chi connectivity index (χ3n) is 2.59. The summed E-state index contributed by atoms with van der Waals surface area (Å²) in [5.74, 6) is 0. The first-order valence-electron chi connectivity index (χ1n) is 4.24. The van der Waals surface area contributed by atoms with Crippen molar-refractivity contribution in [2.45, 2.75) is 25.7 Å². The molecule has 1 nitrogen and oxygen atoms in total. The average Bonchev–Trinajstić information content (AvgIpc) is 2.71. The van der Waals surface area contributed by atoms with Gasteiger partial charge in [0.15, 0.2) is 0 Å². The topological polar surface area (TPSA) is 3.24 Å². The van der Waals surface area contributed by atoms with Crippen LogP contribution in [0.25, 0.3) is 0 Å². The molecule has 0 amide bonds. The SMILES string of the molecule is CN1CCC(=C2CC2)CC1. The molecule has 2 rings (SSSR count). The number of hydrogen-bond donors (Lipinski definition) is 0. The molecule has 0 N–H and O–H groups in total. The first-order chi connectivity index (χ1) is 4.86. The van der Waals surface area contributed by atoms with E-state index in [0.717, 1.165) is 0 Å². The molecular formula is C9H15N. The van der Waals surface area contributed by atoms with E-state index in [4.69, 9.17) is 0 Å². The predicted molar refractivity (Wildman–Crippen MR) is 43.0 cm³/mol. The molecular weight excluding hydrogens is 122 g/mol. The van der Waals surface area contributed by atoms with Gasteiger partial charge in [0, 0.05) is 13.1 Å². The van der Waals surface area contributed by atoms with Gasteiger partial charge in [0.1, 0.15) is 0 Å². The zero-order chi connectivity index (χ0) is 6.97. The van der Waals surface area contributed by atoms with E-state index >= 15 is 0 Å². The Labute approximate surface area is 62.7 Å². The molecule has 2 aliphatic rings. The second-order valence-corrected chi connectivity index (χ2v) is 3.51. The maximum Gasteiger partial charge on any atom is 0.00158 e. The van der Waals surface area contributed by atoms with Crippen LogP contribution in [0.1, 0.15) is 25.7 Å². The Bertz CT molecular complexity index is 154. The van der Waals surface area contributed by atoms with Crippen molar-refractivity contribution in [3.63, 3.8) is 0 Å². The van der Waals surface area contributed by atoms with Gasteiger partial charge in [0.25, 0.3) is 0 Å². The van der Waals surface area contributed by atoms with Crippen LogP contribution in [0.4, 0.5) is 0 Å². The molecule has 0 unspecified atom stereocenters. The first-order valence-corrected chi connectivity index (χ1v) is 4.24. The van der Waals surface area contributed by atoms with E-state index in [1.165, 1.54) is 38.8 Å². The maximum absolute atomic E-state index is 2.42. The number of rotatable bonds is 0.